The summed E-state index contributed by atoms with van der Waals surface area (Å²) >= 11 is 0. The Bertz CT molecular complexity index is 1250. The number of rotatable bonds is 1. The summed E-state index contributed by atoms with van der Waals surface area (Å²) in [6.45, 7) is 0.241. The Morgan fingerprint density at radius 1 is 0.700 bits per heavy atom. The molecule has 3 aliphatic carbocycles. The molecular weight excluding hydrogens is 374 g/mol. The molecular formula is C25H17N3O2. The third-order valence-corrected chi connectivity index (χ3v) is 7.50. The second-order valence-corrected chi connectivity index (χ2v) is 8.54. The summed E-state index contributed by atoms with van der Waals surface area (Å²) in [7, 11) is 0. The van der Waals surface area contributed by atoms with Crippen molar-refractivity contribution in [3.63, 3.8) is 0 Å². The molecule has 0 saturated carbocycles. The Hall–Kier alpha value is -3.60. The van der Waals surface area contributed by atoms with E-state index in [1.165, 1.54) is 4.90 Å². The minimum atomic E-state index is -1.21. The van der Waals surface area contributed by atoms with E-state index < -0.39 is 11.0 Å². The predicted molar refractivity (Wildman–Crippen MR) is 110 cm³/mol. The molecule has 0 N–H and O–H groups in total. The number of hydrogen-bond donors (Lipinski definition) is 0. The van der Waals surface area contributed by atoms with Gasteiger partial charge in [-0.05, 0) is 34.4 Å². The molecule has 1 fully saturated rings. The first-order valence-electron chi connectivity index (χ1n) is 10.2. The SMILES string of the molecule is O=C1N(c2ccccc2)C(=O)C23N=NCC12C1c2ccccc2C3c2ccccc21. The van der Waals surface area contributed by atoms with Crippen molar-refractivity contribution in [2.75, 3.05) is 11.4 Å². The highest BCUT2D eigenvalue weighted by atomic mass is 16.2. The van der Waals surface area contributed by atoms with Gasteiger partial charge in [-0.2, -0.15) is 10.2 Å². The molecule has 8 rings (SSSR count). The van der Waals surface area contributed by atoms with Crippen LogP contribution in [0, 0.1) is 5.41 Å². The number of amides is 2. The molecule has 5 aliphatic rings. The van der Waals surface area contributed by atoms with Crippen LogP contribution in [-0.2, 0) is 9.59 Å². The maximum Gasteiger partial charge on any atom is 0.265 e. The van der Waals surface area contributed by atoms with Crippen molar-refractivity contribution in [2.24, 2.45) is 15.6 Å². The van der Waals surface area contributed by atoms with Crippen molar-refractivity contribution in [3.8, 4) is 0 Å². The first-order valence-corrected chi connectivity index (χ1v) is 10.2. The van der Waals surface area contributed by atoms with Gasteiger partial charge in [0, 0.05) is 11.8 Å². The summed E-state index contributed by atoms with van der Waals surface area (Å²) in [6, 6.07) is 25.6. The van der Waals surface area contributed by atoms with E-state index in [0.717, 1.165) is 22.3 Å². The highest BCUT2D eigenvalue weighted by Gasteiger charge is 2.82. The fraction of sp³-hybridized carbons (Fsp3) is 0.200. The minimum Gasteiger partial charge on any atom is -0.273 e. The Kier molecular flexibility index (Phi) is 2.76. The van der Waals surface area contributed by atoms with Gasteiger partial charge < -0.3 is 0 Å². The number of azo groups is 1. The average Bonchev–Trinajstić information content (AvgIpc) is 3.30. The topological polar surface area (TPSA) is 62.1 Å². The lowest BCUT2D eigenvalue weighted by Gasteiger charge is -2.54. The van der Waals surface area contributed by atoms with Crippen LogP contribution in [0.4, 0.5) is 5.69 Å². The maximum absolute atomic E-state index is 14.1. The Labute approximate surface area is 173 Å². The Morgan fingerprint density at radius 3 is 1.83 bits per heavy atom. The second kappa shape index (κ2) is 5.11. The number of para-hydroxylation sites is 1. The van der Waals surface area contributed by atoms with Gasteiger partial charge in [0.15, 0.2) is 5.54 Å². The maximum atomic E-state index is 14.1. The summed E-state index contributed by atoms with van der Waals surface area (Å²) in [5.74, 6) is -0.983. The first kappa shape index (κ1) is 16.2. The fourth-order valence-electron chi connectivity index (χ4n) is 6.47. The van der Waals surface area contributed by atoms with Crippen molar-refractivity contribution < 1.29 is 9.59 Å². The molecule has 3 aromatic carbocycles. The van der Waals surface area contributed by atoms with E-state index >= 15 is 0 Å². The van der Waals surface area contributed by atoms with E-state index in [-0.39, 0.29) is 30.2 Å². The number of hydrogen-bond acceptors (Lipinski definition) is 4. The lowest BCUT2D eigenvalue weighted by Crippen LogP contribution is -2.61. The van der Waals surface area contributed by atoms with Crippen LogP contribution >= 0.6 is 0 Å². The first-order chi connectivity index (χ1) is 14.7. The highest BCUT2D eigenvalue weighted by Crippen LogP contribution is 2.72. The van der Waals surface area contributed by atoms with Gasteiger partial charge in [0.1, 0.15) is 5.41 Å². The van der Waals surface area contributed by atoms with Crippen LogP contribution in [0.2, 0.25) is 0 Å². The number of imide groups is 1. The Balaban J connectivity index is 1.60. The van der Waals surface area contributed by atoms with Crippen molar-refractivity contribution in [3.05, 3.63) is 101 Å². The van der Waals surface area contributed by atoms with Gasteiger partial charge in [-0.25, -0.2) is 4.90 Å². The minimum absolute atomic E-state index is 0.178. The van der Waals surface area contributed by atoms with Crippen molar-refractivity contribution in [2.45, 2.75) is 17.4 Å². The van der Waals surface area contributed by atoms with Gasteiger partial charge in [0.2, 0.25) is 5.91 Å². The molecule has 2 unspecified atom stereocenters. The standard InChI is InChI=1S/C25H17N3O2/c29-22-24-14-26-27-25(24,23(30)28(22)15-8-2-1-3-9-15)21-18-12-6-4-10-16(18)20(24)17-11-5-7-13-19(17)21/h1-13,20-21H,14H2. The van der Waals surface area contributed by atoms with Crippen LogP contribution < -0.4 is 4.90 Å². The van der Waals surface area contributed by atoms with Gasteiger partial charge in [0.25, 0.3) is 5.91 Å². The molecule has 1 saturated heterocycles. The summed E-state index contributed by atoms with van der Waals surface area (Å²) in [5.41, 5.74) is 2.81. The van der Waals surface area contributed by atoms with Crippen LogP contribution in [0.5, 0.6) is 0 Å². The number of nitrogens with zero attached hydrogens (tertiary/aromatic N) is 3. The smallest absolute Gasteiger partial charge is 0.265 e. The lowest BCUT2D eigenvalue weighted by molar-refractivity contribution is -0.129. The van der Waals surface area contributed by atoms with E-state index in [1.54, 1.807) is 0 Å². The molecule has 0 radical (unpaired) electrons. The normalized spacial score (nSPS) is 32.1. The van der Waals surface area contributed by atoms with Gasteiger partial charge in [0.05, 0.1) is 12.2 Å². The average molecular weight is 391 g/mol. The quantitative estimate of drug-likeness (QED) is 0.588. The summed E-state index contributed by atoms with van der Waals surface area (Å²) in [4.78, 5) is 29.6. The molecule has 5 heteroatoms. The molecule has 2 bridgehead atoms. The van der Waals surface area contributed by atoms with Crippen molar-refractivity contribution in [1.29, 1.82) is 0 Å². The van der Waals surface area contributed by atoms with Crippen molar-refractivity contribution in [1.82, 2.24) is 0 Å². The van der Waals surface area contributed by atoms with Gasteiger partial charge >= 0.3 is 0 Å². The molecule has 2 atom stereocenters. The number of carbonyl (C=O) groups is 2. The molecule has 2 heterocycles. The Morgan fingerprint density at radius 2 is 1.23 bits per heavy atom. The summed E-state index contributed by atoms with van der Waals surface area (Å²) in [5, 5.41) is 9.03. The zero-order valence-electron chi connectivity index (χ0n) is 16.0. The number of anilines is 1. The van der Waals surface area contributed by atoms with E-state index in [9.17, 15) is 9.59 Å². The van der Waals surface area contributed by atoms with E-state index in [0.29, 0.717) is 5.69 Å². The van der Waals surface area contributed by atoms with E-state index in [1.807, 2.05) is 54.6 Å². The summed E-state index contributed by atoms with van der Waals surface area (Å²) in [6.07, 6.45) is 0. The molecule has 0 spiro atoms. The highest BCUT2D eigenvalue weighted by molar-refractivity contribution is 6.29. The predicted octanol–water partition coefficient (Wildman–Crippen LogP) is 4.04. The van der Waals surface area contributed by atoms with Gasteiger partial charge in [-0.15, -0.1) is 0 Å². The van der Waals surface area contributed by atoms with Crippen LogP contribution in [-0.4, -0.2) is 23.9 Å². The molecule has 2 aliphatic heterocycles. The largest absolute Gasteiger partial charge is 0.273 e. The third kappa shape index (κ3) is 1.47. The fourth-order valence-corrected chi connectivity index (χ4v) is 6.47. The van der Waals surface area contributed by atoms with Crippen LogP contribution in [0.1, 0.15) is 34.1 Å². The zero-order chi connectivity index (χ0) is 20.1. The van der Waals surface area contributed by atoms with Crippen molar-refractivity contribution >= 4 is 17.5 Å². The molecule has 5 nitrogen and oxygen atoms in total. The van der Waals surface area contributed by atoms with E-state index in [2.05, 4.69) is 34.5 Å². The van der Waals surface area contributed by atoms with Crippen LogP contribution in [0.3, 0.4) is 0 Å². The lowest BCUT2D eigenvalue weighted by atomic mass is 9.45. The van der Waals surface area contributed by atoms with Gasteiger partial charge in [-0.1, -0.05) is 66.7 Å². The molecule has 3 aromatic rings. The van der Waals surface area contributed by atoms with Gasteiger partial charge in [-0.3, -0.25) is 9.59 Å². The molecule has 144 valence electrons. The molecule has 30 heavy (non-hydrogen) atoms. The number of carbonyl (C=O) groups excluding carboxylic acids is 2. The monoisotopic (exact) mass is 391 g/mol. The van der Waals surface area contributed by atoms with Crippen LogP contribution in [0.15, 0.2) is 89.1 Å². The molecule has 0 aromatic heterocycles. The van der Waals surface area contributed by atoms with Crippen LogP contribution in [0.25, 0.3) is 0 Å². The van der Waals surface area contributed by atoms with E-state index in [4.69, 9.17) is 0 Å². The second-order valence-electron chi connectivity index (χ2n) is 8.54. The zero-order valence-corrected chi connectivity index (χ0v) is 16.0. The summed E-state index contributed by atoms with van der Waals surface area (Å²) < 4.78 is 0. The number of benzene rings is 3. The molecule has 2 amide bonds. The third-order valence-electron chi connectivity index (χ3n) is 7.50.